The second-order valence-electron chi connectivity index (χ2n) is 6.92. The molecule has 1 aliphatic carbocycles. The zero-order valence-electron chi connectivity index (χ0n) is 15.0. The van der Waals surface area contributed by atoms with Gasteiger partial charge >= 0.3 is 0 Å². The molecular formula is C17H28ClN3O3S. The molecule has 25 heavy (non-hydrogen) atoms. The minimum atomic E-state index is -3.55. The summed E-state index contributed by atoms with van der Waals surface area (Å²) >= 11 is 0. The number of nitrogens with zero attached hydrogens (tertiary/aromatic N) is 1. The van der Waals surface area contributed by atoms with Gasteiger partial charge < -0.3 is 11.1 Å². The Bertz CT molecular complexity index is 705. The van der Waals surface area contributed by atoms with Crippen LogP contribution in [0.15, 0.2) is 29.2 Å². The number of benzene rings is 1. The lowest BCUT2D eigenvalue weighted by Gasteiger charge is -2.37. The summed E-state index contributed by atoms with van der Waals surface area (Å²) in [6, 6.07) is 6.73. The smallest absolute Gasteiger partial charge is 0.242 e. The van der Waals surface area contributed by atoms with E-state index in [0.29, 0.717) is 5.56 Å². The SMILES string of the molecule is CN(C)S(=O)(=O)c1ccccc1CNC(=O)C1CCCCC1(C)N.Cl. The molecule has 1 aromatic carbocycles. The zero-order valence-corrected chi connectivity index (χ0v) is 16.6. The molecule has 0 saturated heterocycles. The molecule has 0 radical (unpaired) electrons. The molecule has 8 heteroatoms. The third-order valence-corrected chi connectivity index (χ3v) is 6.67. The van der Waals surface area contributed by atoms with Crippen LogP contribution in [0.3, 0.4) is 0 Å². The van der Waals surface area contributed by atoms with Gasteiger partial charge in [-0.1, -0.05) is 31.0 Å². The third-order valence-electron chi connectivity index (χ3n) is 4.76. The largest absolute Gasteiger partial charge is 0.352 e. The highest BCUT2D eigenvalue weighted by molar-refractivity contribution is 7.89. The summed E-state index contributed by atoms with van der Waals surface area (Å²) in [5.41, 5.74) is 6.34. The Kier molecular flexibility index (Phi) is 7.43. The Morgan fingerprint density at radius 2 is 1.96 bits per heavy atom. The molecule has 0 spiro atoms. The lowest BCUT2D eigenvalue weighted by Crippen LogP contribution is -2.52. The average molecular weight is 390 g/mol. The highest BCUT2D eigenvalue weighted by Gasteiger charge is 2.37. The highest BCUT2D eigenvalue weighted by Crippen LogP contribution is 2.31. The van der Waals surface area contributed by atoms with Gasteiger partial charge in [0.25, 0.3) is 0 Å². The number of nitrogens with two attached hydrogens (primary N) is 1. The van der Waals surface area contributed by atoms with E-state index in [2.05, 4.69) is 5.32 Å². The molecule has 0 aromatic heterocycles. The minimum absolute atomic E-state index is 0. The summed E-state index contributed by atoms with van der Waals surface area (Å²) in [5.74, 6) is -0.333. The van der Waals surface area contributed by atoms with E-state index in [9.17, 15) is 13.2 Å². The molecule has 1 fully saturated rings. The number of halogens is 1. The lowest BCUT2D eigenvalue weighted by atomic mass is 9.74. The van der Waals surface area contributed by atoms with E-state index in [0.717, 1.165) is 25.7 Å². The summed E-state index contributed by atoms with van der Waals surface area (Å²) < 4.78 is 26.0. The monoisotopic (exact) mass is 389 g/mol. The second-order valence-corrected chi connectivity index (χ2v) is 9.04. The summed E-state index contributed by atoms with van der Waals surface area (Å²) in [6.45, 7) is 2.09. The maximum absolute atomic E-state index is 12.5. The van der Waals surface area contributed by atoms with Gasteiger partial charge in [-0.2, -0.15) is 0 Å². The first-order valence-electron chi connectivity index (χ1n) is 8.23. The average Bonchev–Trinajstić information content (AvgIpc) is 2.52. The van der Waals surface area contributed by atoms with Gasteiger partial charge in [0.2, 0.25) is 15.9 Å². The Morgan fingerprint density at radius 3 is 2.56 bits per heavy atom. The predicted octanol–water partition coefficient (Wildman–Crippen LogP) is 1.88. The van der Waals surface area contributed by atoms with Crippen LogP contribution in [0.2, 0.25) is 0 Å². The predicted molar refractivity (Wildman–Crippen MR) is 101 cm³/mol. The molecule has 0 heterocycles. The number of rotatable bonds is 5. The van der Waals surface area contributed by atoms with Gasteiger partial charge in [0.1, 0.15) is 0 Å². The Labute approximate surface area is 156 Å². The maximum Gasteiger partial charge on any atom is 0.242 e. The first-order valence-corrected chi connectivity index (χ1v) is 9.67. The van der Waals surface area contributed by atoms with E-state index in [1.54, 1.807) is 24.3 Å². The van der Waals surface area contributed by atoms with E-state index >= 15 is 0 Å². The first-order chi connectivity index (χ1) is 11.2. The van der Waals surface area contributed by atoms with Crippen molar-refractivity contribution in [3.63, 3.8) is 0 Å². The van der Waals surface area contributed by atoms with Crippen molar-refractivity contribution in [2.75, 3.05) is 14.1 Å². The number of carbonyl (C=O) groups excluding carboxylic acids is 1. The van der Waals surface area contributed by atoms with Crippen LogP contribution in [-0.2, 0) is 21.4 Å². The molecule has 2 unspecified atom stereocenters. The lowest BCUT2D eigenvalue weighted by molar-refractivity contribution is -0.128. The van der Waals surface area contributed by atoms with Crippen LogP contribution in [0.25, 0.3) is 0 Å². The molecule has 2 rings (SSSR count). The van der Waals surface area contributed by atoms with E-state index in [1.807, 2.05) is 6.92 Å². The second kappa shape index (κ2) is 8.49. The molecule has 0 bridgehead atoms. The molecular weight excluding hydrogens is 362 g/mol. The molecule has 142 valence electrons. The Morgan fingerprint density at radius 1 is 1.32 bits per heavy atom. The van der Waals surface area contributed by atoms with E-state index in [1.165, 1.54) is 18.4 Å². The molecule has 0 aliphatic heterocycles. The van der Waals surface area contributed by atoms with Crippen molar-refractivity contribution in [3.8, 4) is 0 Å². The van der Waals surface area contributed by atoms with Crippen LogP contribution in [-0.4, -0.2) is 38.3 Å². The Balaban J connectivity index is 0.00000312. The summed E-state index contributed by atoms with van der Waals surface area (Å²) in [5, 5.41) is 2.87. The minimum Gasteiger partial charge on any atom is -0.352 e. The highest BCUT2D eigenvalue weighted by atomic mass is 35.5. The Hall–Kier alpha value is -1.15. The van der Waals surface area contributed by atoms with Crippen molar-refractivity contribution in [2.45, 2.75) is 49.6 Å². The maximum atomic E-state index is 12.5. The van der Waals surface area contributed by atoms with Crippen LogP contribution >= 0.6 is 12.4 Å². The van der Waals surface area contributed by atoms with E-state index < -0.39 is 15.6 Å². The van der Waals surface area contributed by atoms with Crippen LogP contribution in [0.4, 0.5) is 0 Å². The number of nitrogens with one attached hydrogen (secondary N) is 1. The molecule has 3 N–H and O–H groups in total. The number of hydrogen-bond acceptors (Lipinski definition) is 4. The molecule has 1 saturated carbocycles. The summed E-state index contributed by atoms with van der Waals surface area (Å²) in [7, 11) is -0.561. The topological polar surface area (TPSA) is 92.5 Å². The van der Waals surface area contributed by atoms with Crippen LogP contribution < -0.4 is 11.1 Å². The van der Waals surface area contributed by atoms with Crippen molar-refractivity contribution < 1.29 is 13.2 Å². The number of carbonyl (C=O) groups is 1. The van der Waals surface area contributed by atoms with Gasteiger partial charge in [0, 0.05) is 26.2 Å². The molecule has 1 aromatic rings. The van der Waals surface area contributed by atoms with Crippen molar-refractivity contribution >= 4 is 28.3 Å². The van der Waals surface area contributed by atoms with Gasteiger partial charge in [-0.05, 0) is 31.4 Å². The number of hydrogen-bond donors (Lipinski definition) is 2. The van der Waals surface area contributed by atoms with Crippen molar-refractivity contribution in [2.24, 2.45) is 11.7 Å². The quantitative estimate of drug-likeness (QED) is 0.804. The summed E-state index contributed by atoms with van der Waals surface area (Å²) in [4.78, 5) is 12.7. The van der Waals surface area contributed by atoms with Crippen molar-refractivity contribution in [1.82, 2.24) is 9.62 Å². The fourth-order valence-corrected chi connectivity index (χ4v) is 4.31. The van der Waals surface area contributed by atoms with Crippen LogP contribution in [0, 0.1) is 5.92 Å². The molecule has 2 atom stereocenters. The van der Waals surface area contributed by atoms with Gasteiger partial charge in [-0.25, -0.2) is 12.7 Å². The molecule has 1 aliphatic rings. The van der Waals surface area contributed by atoms with Gasteiger partial charge in [0.05, 0.1) is 10.8 Å². The van der Waals surface area contributed by atoms with E-state index in [4.69, 9.17) is 5.73 Å². The van der Waals surface area contributed by atoms with Gasteiger partial charge in [-0.15, -0.1) is 12.4 Å². The molecule has 1 amide bonds. The fraction of sp³-hybridized carbons (Fsp3) is 0.588. The molecule has 6 nitrogen and oxygen atoms in total. The zero-order chi connectivity index (χ0) is 18.0. The summed E-state index contributed by atoms with van der Waals surface area (Å²) in [6.07, 6.45) is 3.64. The standard InChI is InChI=1S/C17H27N3O3S.ClH/c1-17(18)11-7-6-9-14(17)16(21)19-12-13-8-4-5-10-15(13)24(22,23)20(2)3;/h4-5,8,10,14H,6-7,9,11-12,18H2,1-3H3,(H,19,21);1H. The van der Waals surface area contributed by atoms with Crippen LogP contribution in [0.1, 0.15) is 38.2 Å². The van der Waals surface area contributed by atoms with Crippen molar-refractivity contribution in [3.05, 3.63) is 29.8 Å². The van der Waals surface area contributed by atoms with Gasteiger partial charge in [0.15, 0.2) is 0 Å². The number of sulfonamides is 1. The van der Waals surface area contributed by atoms with Crippen molar-refractivity contribution in [1.29, 1.82) is 0 Å². The first kappa shape index (κ1) is 21.9. The third kappa shape index (κ3) is 4.94. The number of amides is 1. The fourth-order valence-electron chi connectivity index (χ4n) is 3.19. The van der Waals surface area contributed by atoms with E-state index in [-0.39, 0.29) is 35.7 Å². The normalized spacial score (nSPS) is 23.8. The van der Waals surface area contributed by atoms with Gasteiger partial charge in [-0.3, -0.25) is 4.79 Å². The van der Waals surface area contributed by atoms with Crippen LogP contribution in [0.5, 0.6) is 0 Å².